The van der Waals surface area contributed by atoms with Gasteiger partial charge in [0.15, 0.2) is 0 Å². The van der Waals surface area contributed by atoms with Crippen LogP contribution in [0.15, 0.2) is 29.5 Å². The highest BCUT2D eigenvalue weighted by molar-refractivity contribution is 5.90. The molecule has 0 aliphatic carbocycles. The van der Waals surface area contributed by atoms with Gasteiger partial charge in [0, 0.05) is 36.4 Å². The number of H-pyrrole nitrogens is 1. The van der Waals surface area contributed by atoms with Crippen LogP contribution in [0.3, 0.4) is 0 Å². The smallest absolute Gasteiger partial charge is 0.115 e. The number of likely N-dealkylation sites (N-methyl/N-ethyl adjacent to an activating group) is 1. The topological polar surface area (TPSA) is 60.7 Å². The van der Waals surface area contributed by atoms with Gasteiger partial charge in [-0.1, -0.05) is 0 Å². The van der Waals surface area contributed by atoms with Crippen molar-refractivity contribution in [1.29, 1.82) is 0 Å². The molecule has 2 aromatic rings. The van der Waals surface area contributed by atoms with Crippen molar-refractivity contribution >= 4 is 22.9 Å². The molecule has 3 rings (SSSR count). The second-order valence-corrected chi connectivity index (χ2v) is 5.60. The number of benzene rings is 1. The molecule has 3 N–H and O–H groups in total. The zero-order chi connectivity index (χ0) is 14.1. The van der Waals surface area contributed by atoms with Gasteiger partial charge in [-0.15, -0.1) is 0 Å². The molecule has 1 aromatic heterocycles. The third kappa shape index (κ3) is 2.25. The molecule has 1 aliphatic rings. The number of nitrogens with one attached hydrogen (secondary N) is 1. The summed E-state index contributed by atoms with van der Waals surface area (Å²) in [6.45, 7) is 2.31. The quantitative estimate of drug-likeness (QED) is 0.388. The number of hydrogen-bond donors (Lipinski definition) is 2. The number of rotatable bonds is 3. The summed E-state index contributed by atoms with van der Waals surface area (Å²) in [4.78, 5) is 7.70. The van der Waals surface area contributed by atoms with Crippen LogP contribution in [-0.4, -0.2) is 43.4 Å². The predicted octanol–water partition coefficient (Wildman–Crippen LogP) is 1.93. The molecular formula is C15H21N5. The van der Waals surface area contributed by atoms with E-state index in [0.29, 0.717) is 5.92 Å². The van der Waals surface area contributed by atoms with Crippen molar-refractivity contribution in [3.05, 3.63) is 30.0 Å². The van der Waals surface area contributed by atoms with Crippen LogP contribution < -0.4 is 10.7 Å². The van der Waals surface area contributed by atoms with E-state index >= 15 is 0 Å². The van der Waals surface area contributed by atoms with Gasteiger partial charge in [0.25, 0.3) is 0 Å². The largest absolute Gasteiger partial charge is 0.361 e. The fourth-order valence-corrected chi connectivity index (χ4v) is 3.04. The Hall–Kier alpha value is -2.01. The molecule has 0 saturated carbocycles. The fraction of sp³-hybridized carbons (Fsp3) is 0.400. The molecule has 1 aromatic carbocycles. The molecule has 0 spiro atoms. The molecule has 2 heterocycles. The number of anilines is 1. The summed E-state index contributed by atoms with van der Waals surface area (Å²) in [5.41, 5.74) is 3.71. The Morgan fingerprint density at radius 1 is 1.50 bits per heavy atom. The van der Waals surface area contributed by atoms with Crippen molar-refractivity contribution in [1.82, 2.24) is 9.88 Å². The summed E-state index contributed by atoms with van der Waals surface area (Å²) < 4.78 is 0. The number of aromatic nitrogens is 1. The minimum absolute atomic E-state index is 0.623. The van der Waals surface area contributed by atoms with E-state index in [4.69, 9.17) is 5.84 Å². The standard InChI is InChI=1S/C15H21N5/c1-19-6-5-11(9-19)14-8-17-15-4-3-12(7-13(14)15)20(2)10-18-16/h3-4,7-8,10-11,17H,5-6,9,16H2,1-2H3/b18-10-. The Morgan fingerprint density at radius 2 is 2.35 bits per heavy atom. The third-order valence-electron chi connectivity index (χ3n) is 4.18. The highest BCUT2D eigenvalue weighted by Crippen LogP contribution is 2.33. The maximum atomic E-state index is 5.22. The van der Waals surface area contributed by atoms with Gasteiger partial charge in [-0.05, 0) is 49.7 Å². The SMILES string of the molecule is CN1CCC(c2c[nH]c3ccc(N(C)/C=N\N)cc23)C1. The summed E-state index contributed by atoms with van der Waals surface area (Å²) in [7, 11) is 4.14. The number of fused-ring (bicyclic) bond motifs is 1. The highest BCUT2D eigenvalue weighted by Gasteiger charge is 2.23. The first kappa shape index (κ1) is 13.0. The summed E-state index contributed by atoms with van der Waals surface area (Å²) >= 11 is 0. The van der Waals surface area contributed by atoms with Crippen molar-refractivity contribution in [2.24, 2.45) is 10.9 Å². The fourth-order valence-electron chi connectivity index (χ4n) is 3.04. The van der Waals surface area contributed by atoms with E-state index < -0.39 is 0 Å². The van der Waals surface area contributed by atoms with Gasteiger partial charge in [0.1, 0.15) is 6.34 Å². The van der Waals surface area contributed by atoms with Crippen molar-refractivity contribution in [2.45, 2.75) is 12.3 Å². The normalized spacial score (nSPS) is 20.2. The number of hydrazone groups is 1. The molecule has 0 amide bonds. The summed E-state index contributed by atoms with van der Waals surface area (Å²) in [6.07, 6.45) is 5.01. The van der Waals surface area contributed by atoms with Crippen molar-refractivity contribution in [2.75, 3.05) is 32.1 Å². The number of nitrogens with zero attached hydrogens (tertiary/aromatic N) is 3. The molecule has 1 saturated heterocycles. The average molecular weight is 271 g/mol. The molecule has 5 nitrogen and oxygen atoms in total. The molecule has 20 heavy (non-hydrogen) atoms. The van der Waals surface area contributed by atoms with Crippen LogP contribution in [0.2, 0.25) is 0 Å². The predicted molar refractivity (Wildman–Crippen MR) is 84.2 cm³/mol. The third-order valence-corrected chi connectivity index (χ3v) is 4.18. The van der Waals surface area contributed by atoms with E-state index in [1.165, 1.54) is 29.4 Å². The van der Waals surface area contributed by atoms with Crippen LogP contribution in [0.5, 0.6) is 0 Å². The second-order valence-electron chi connectivity index (χ2n) is 5.60. The van der Waals surface area contributed by atoms with Crippen LogP contribution in [0, 0.1) is 0 Å². The van der Waals surface area contributed by atoms with Gasteiger partial charge in [-0.25, -0.2) is 0 Å². The molecular weight excluding hydrogens is 250 g/mol. The van der Waals surface area contributed by atoms with Gasteiger partial charge in [-0.2, -0.15) is 5.10 Å². The first-order valence-electron chi connectivity index (χ1n) is 6.95. The molecule has 5 heteroatoms. The van der Waals surface area contributed by atoms with Crippen LogP contribution >= 0.6 is 0 Å². The summed E-state index contributed by atoms with van der Waals surface area (Å²) in [5, 5.41) is 4.88. The highest BCUT2D eigenvalue weighted by atomic mass is 15.2. The minimum Gasteiger partial charge on any atom is -0.361 e. The van der Waals surface area contributed by atoms with E-state index in [2.05, 4.69) is 46.4 Å². The molecule has 1 unspecified atom stereocenters. The number of hydrogen-bond acceptors (Lipinski definition) is 3. The summed E-state index contributed by atoms with van der Waals surface area (Å²) in [5.74, 6) is 5.84. The average Bonchev–Trinajstić information content (AvgIpc) is 3.04. The summed E-state index contributed by atoms with van der Waals surface area (Å²) in [6, 6.07) is 6.40. The second kappa shape index (κ2) is 5.17. The first-order valence-corrected chi connectivity index (χ1v) is 6.95. The Kier molecular flexibility index (Phi) is 3.36. The van der Waals surface area contributed by atoms with Gasteiger partial charge >= 0.3 is 0 Å². The van der Waals surface area contributed by atoms with Crippen LogP contribution in [-0.2, 0) is 0 Å². The maximum Gasteiger partial charge on any atom is 0.115 e. The van der Waals surface area contributed by atoms with Crippen molar-refractivity contribution < 1.29 is 0 Å². The van der Waals surface area contributed by atoms with Crippen LogP contribution in [0.4, 0.5) is 5.69 Å². The zero-order valence-corrected chi connectivity index (χ0v) is 12.0. The number of aromatic amines is 1. The van der Waals surface area contributed by atoms with E-state index in [1.54, 1.807) is 6.34 Å². The number of likely N-dealkylation sites (tertiary alicyclic amines) is 1. The van der Waals surface area contributed by atoms with E-state index in [1.807, 2.05) is 11.9 Å². The molecule has 1 fully saturated rings. The van der Waals surface area contributed by atoms with Crippen LogP contribution in [0.1, 0.15) is 17.9 Å². The number of nitrogens with two attached hydrogens (primary N) is 1. The Morgan fingerprint density at radius 3 is 3.05 bits per heavy atom. The zero-order valence-electron chi connectivity index (χ0n) is 12.0. The Labute approximate surface area is 119 Å². The van der Waals surface area contributed by atoms with Gasteiger partial charge in [0.05, 0.1) is 0 Å². The molecule has 0 radical (unpaired) electrons. The lowest BCUT2D eigenvalue weighted by Crippen LogP contribution is -2.15. The Bertz CT molecular complexity index is 630. The van der Waals surface area contributed by atoms with E-state index in [9.17, 15) is 0 Å². The van der Waals surface area contributed by atoms with Crippen LogP contribution in [0.25, 0.3) is 10.9 Å². The lowest BCUT2D eigenvalue weighted by atomic mass is 9.97. The monoisotopic (exact) mass is 271 g/mol. The Balaban J connectivity index is 1.99. The first-order chi connectivity index (χ1) is 9.69. The minimum atomic E-state index is 0.623. The van der Waals surface area contributed by atoms with E-state index in [-0.39, 0.29) is 0 Å². The molecule has 1 aliphatic heterocycles. The van der Waals surface area contributed by atoms with Crippen molar-refractivity contribution in [3.63, 3.8) is 0 Å². The van der Waals surface area contributed by atoms with Crippen molar-refractivity contribution in [3.8, 4) is 0 Å². The molecule has 1 atom stereocenters. The van der Waals surface area contributed by atoms with E-state index in [0.717, 1.165) is 12.2 Å². The lowest BCUT2D eigenvalue weighted by Gasteiger charge is -2.14. The molecule has 106 valence electrons. The lowest BCUT2D eigenvalue weighted by molar-refractivity contribution is 0.412. The maximum absolute atomic E-state index is 5.22. The van der Waals surface area contributed by atoms with Gasteiger partial charge in [0.2, 0.25) is 0 Å². The molecule has 0 bridgehead atoms. The van der Waals surface area contributed by atoms with Gasteiger partial charge < -0.3 is 20.6 Å². The van der Waals surface area contributed by atoms with Gasteiger partial charge in [-0.3, -0.25) is 0 Å².